The van der Waals surface area contributed by atoms with Crippen LogP contribution in [-0.4, -0.2) is 34.2 Å². The molecule has 0 radical (unpaired) electrons. The molecule has 0 saturated heterocycles. The largest absolute Gasteiger partial charge is 0.381 e. The van der Waals surface area contributed by atoms with E-state index in [0.29, 0.717) is 5.92 Å². The molecule has 4 rings (SSSR count). The van der Waals surface area contributed by atoms with E-state index >= 15 is 0 Å². The van der Waals surface area contributed by atoms with Crippen LogP contribution in [0.25, 0.3) is 0 Å². The number of thiophene rings is 1. The molecule has 1 atom stereocenters. The third-order valence-corrected chi connectivity index (χ3v) is 5.59. The van der Waals surface area contributed by atoms with Crippen LogP contribution in [-0.2, 0) is 24.4 Å². The van der Waals surface area contributed by atoms with Gasteiger partial charge in [0, 0.05) is 44.4 Å². The molecule has 0 aromatic carbocycles. The van der Waals surface area contributed by atoms with E-state index in [0.717, 1.165) is 45.3 Å². The molecule has 0 amide bonds. The summed E-state index contributed by atoms with van der Waals surface area (Å²) in [7, 11) is 0. The number of rotatable bonds is 7. The molecule has 4 nitrogen and oxygen atoms in total. The molecule has 3 heterocycles. The van der Waals surface area contributed by atoms with Gasteiger partial charge in [0.05, 0.1) is 18.6 Å². The van der Waals surface area contributed by atoms with E-state index in [4.69, 9.17) is 9.72 Å². The molecule has 0 unspecified atom stereocenters. The van der Waals surface area contributed by atoms with Crippen LogP contribution >= 0.6 is 11.3 Å². The minimum atomic E-state index is 0.443. The van der Waals surface area contributed by atoms with Crippen LogP contribution in [0.3, 0.4) is 0 Å². The lowest BCUT2D eigenvalue weighted by atomic mass is 9.98. The van der Waals surface area contributed by atoms with E-state index in [1.165, 1.54) is 29.8 Å². The van der Waals surface area contributed by atoms with Crippen molar-refractivity contribution in [2.45, 2.75) is 45.3 Å². The second-order valence-electron chi connectivity index (χ2n) is 6.83. The first-order chi connectivity index (χ1) is 11.3. The third-order valence-electron chi connectivity index (χ3n) is 4.86. The lowest BCUT2D eigenvalue weighted by Gasteiger charge is -2.33. The molecule has 1 aliphatic heterocycles. The number of hydrogen-bond donors (Lipinski definition) is 0. The maximum absolute atomic E-state index is 5.79. The molecule has 2 aliphatic rings. The highest BCUT2D eigenvalue weighted by atomic mass is 32.1. The zero-order valence-corrected chi connectivity index (χ0v) is 14.6. The first-order valence-corrected chi connectivity index (χ1v) is 9.62. The van der Waals surface area contributed by atoms with Gasteiger partial charge in [-0.05, 0) is 48.1 Å². The second kappa shape index (κ2) is 6.75. The molecule has 2 aromatic heterocycles. The SMILES string of the molecule is CCOC[C@H]1CN(Cc2ccsc2)Cc2ncn(CC3CC3)c21. The molecule has 124 valence electrons. The van der Waals surface area contributed by atoms with Gasteiger partial charge in [-0.1, -0.05) is 0 Å². The summed E-state index contributed by atoms with van der Waals surface area (Å²) in [6.07, 6.45) is 4.83. The Bertz CT molecular complexity index is 633. The monoisotopic (exact) mass is 331 g/mol. The lowest BCUT2D eigenvalue weighted by Crippen LogP contribution is -2.36. The minimum absolute atomic E-state index is 0.443. The van der Waals surface area contributed by atoms with Crippen molar-refractivity contribution in [3.8, 4) is 0 Å². The maximum Gasteiger partial charge on any atom is 0.0952 e. The summed E-state index contributed by atoms with van der Waals surface area (Å²) in [5, 5.41) is 4.41. The molecular weight excluding hydrogens is 306 g/mol. The Kier molecular flexibility index (Phi) is 4.51. The van der Waals surface area contributed by atoms with Gasteiger partial charge < -0.3 is 9.30 Å². The van der Waals surface area contributed by atoms with Crippen molar-refractivity contribution in [2.24, 2.45) is 5.92 Å². The molecule has 1 fully saturated rings. The highest BCUT2D eigenvalue weighted by Gasteiger charge is 2.31. The van der Waals surface area contributed by atoms with Gasteiger partial charge in [0.15, 0.2) is 0 Å². The Hall–Kier alpha value is -1.17. The number of aromatic nitrogens is 2. The van der Waals surface area contributed by atoms with Crippen molar-refractivity contribution >= 4 is 11.3 Å². The van der Waals surface area contributed by atoms with Gasteiger partial charge in [0.2, 0.25) is 0 Å². The number of nitrogens with zero attached hydrogens (tertiary/aromatic N) is 3. The molecule has 0 spiro atoms. The summed E-state index contributed by atoms with van der Waals surface area (Å²) in [6, 6.07) is 2.23. The zero-order chi connectivity index (χ0) is 15.6. The predicted molar refractivity (Wildman–Crippen MR) is 92.6 cm³/mol. The van der Waals surface area contributed by atoms with Gasteiger partial charge in [0.25, 0.3) is 0 Å². The fourth-order valence-electron chi connectivity index (χ4n) is 3.58. The average molecular weight is 331 g/mol. The number of ether oxygens (including phenoxy) is 1. The fourth-order valence-corrected chi connectivity index (χ4v) is 4.24. The minimum Gasteiger partial charge on any atom is -0.381 e. The van der Waals surface area contributed by atoms with Gasteiger partial charge in [0.1, 0.15) is 0 Å². The summed E-state index contributed by atoms with van der Waals surface area (Å²) >= 11 is 1.78. The summed E-state index contributed by atoms with van der Waals surface area (Å²) in [5.74, 6) is 1.32. The van der Waals surface area contributed by atoms with Crippen molar-refractivity contribution in [1.29, 1.82) is 0 Å². The van der Waals surface area contributed by atoms with E-state index in [2.05, 4.69) is 39.5 Å². The van der Waals surface area contributed by atoms with E-state index in [9.17, 15) is 0 Å². The van der Waals surface area contributed by atoms with Crippen LogP contribution in [0, 0.1) is 5.92 Å². The van der Waals surface area contributed by atoms with Gasteiger partial charge >= 0.3 is 0 Å². The first-order valence-electron chi connectivity index (χ1n) is 8.68. The molecule has 2 aromatic rings. The quantitative estimate of drug-likeness (QED) is 0.778. The average Bonchev–Trinajstić information content (AvgIpc) is 3.05. The third kappa shape index (κ3) is 3.52. The van der Waals surface area contributed by atoms with Crippen molar-refractivity contribution < 1.29 is 4.74 Å². The standard InChI is InChI=1S/C18H25N3OS/c1-2-22-11-16-9-20(7-15-5-6-23-12-15)10-17-18(16)21(13-19-17)8-14-3-4-14/h5-6,12-14,16H,2-4,7-11H2,1H3/t16-/m1/s1. The molecule has 0 bridgehead atoms. The van der Waals surface area contributed by atoms with E-state index in [1.54, 1.807) is 11.3 Å². The van der Waals surface area contributed by atoms with Crippen LogP contribution < -0.4 is 0 Å². The van der Waals surface area contributed by atoms with Gasteiger partial charge in [-0.15, -0.1) is 0 Å². The Balaban J connectivity index is 1.54. The van der Waals surface area contributed by atoms with Gasteiger partial charge in [-0.3, -0.25) is 4.90 Å². The highest BCUT2D eigenvalue weighted by molar-refractivity contribution is 7.07. The van der Waals surface area contributed by atoms with Crippen LogP contribution in [0.15, 0.2) is 23.2 Å². The lowest BCUT2D eigenvalue weighted by molar-refractivity contribution is 0.102. The smallest absolute Gasteiger partial charge is 0.0952 e. The van der Waals surface area contributed by atoms with Crippen LogP contribution in [0.1, 0.15) is 42.6 Å². The number of imidazole rings is 1. The Morgan fingerprint density at radius 3 is 3.04 bits per heavy atom. The Morgan fingerprint density at radius 2 is 2.30 bits per heavy atom. The molecule has 23 heavy (non-hydrogen) atoms. The molecule has 5 heteroatoms. The first kappa shape index (κ1) is 15.4. The number of hydrogen-bond acceptors (Lipinski definition) is 4. The Morgan fingerprint density at radius 1 is 1.39 bits per heavy atom. The molecular formula is C18H25N3OS. The molecule has 0 N–H and O–H groups in total. The van der Waals surface area contributed by atoms with Gasteiger partial charge in [-0.2, -0.15) is 11.3 Å². The van der Waals surface area contributed by atoms with E-state index in [1.807, 2.05) is 0 Å². The van der Waals surface area contributed by atoms with E-state index < -0.39 is 0 Å². The predicted octanol–water partition coefficient (Wildman–Crippen LogP) is 3.49. The summed E-state index contributed by atoms with van der Waals surface area (Å²) in [6.45, 7) is 7.86. The van der Waals surface area contributed by atoms with Crippen molar-refractivity contribution in [3.63, 3.8) is 0 Å². The Labute approximate surface area is 142 Å². The van der Waals surface area contributed by atoms with Crippen molar-refractivity contribution in [2.75, 3.05) is 19.8 Å². The van der Waals surface area contributed by atoms with Crippen LogP contribution in [0.5, 0.6) is 0 Å². The molecule has 1 aliphatic carbocycles. The van der Waals surface area contributed by atoms with Crippen molar-refractivity contribution in [1.82, 2.24) is 14.5 Å². The fraction of sp³-hybridized carbons (Fsp3) is 0.611. The summed E-state index contributed by atoms with van der Waals surface area (Å²) in [5.41, 5.74) is 4.11. The summed E-state index contributed by atoms with van der Waals surface area (Å²) in [4.78, 5) is 7.26. The van der Waals surface area contributed by atoms with Crippen LogP contribution in [0.4, 0.5) is 0 Å². The van der Waals surface area contributed by atoms with Gasteiger partial charge in [-0.25, -0.2) is 4.98 Å². The molecule has 1 saturated carbocycles. The topological polar surface area (TPSA) is 30.3 Å². The highest BCUT2D eigenvalue weighted by Crippen LogP contribution is 2.34. The maximum atomic E-state index is 5.79. The zero-order valence-electron chi connectivity index (χ0n) is 13.8. The van der Waals surface area contributed by atoms with Crippen LogP contribution in [0.2, 0.25) is 0 Å². The summed E-state index contributed by atoms with van der Waals surface area (Å²) < 4.78 is 8.21. The van der Waals surface area contributed by atoms with Crippen molar-refractivity contribution in [3.05, 3.63) is 40.1 Å². The second-order valence-corrected chi connectivity index (χ2v) is 7.61. The number of fused-ring (bicyclic) bond motifs is 1. The normalized spacial score (nSPS) is 21.5. The van der Waals surface area contributed by atoms with E-state index in [-0.39, 0.29) is 0 Å².